The number of pyridine rings is 1. The van der Waals surface area contributed by atoms with Crippen LogP contribution in [-0.2, 0) is 13.0 Å². The van der Waals surface area contributed by atoms with Gasteiger partial charge in [0.25, 0.3) is 0 Å². The Balaban J connectivity index is 1.96. The third kappa shape index (κ3) is 3.38. The first kappa shape index (κ1) is 17.9. The van der Waals surface area contributed by atoms with Gasteiger partial charge in [0.2, 0.25) is 5.75 Å². The lowest BCUT2D eigenvalue weighted by atomic mass is 10.1. The van der Waals surface area contributed by atoms with Crippen LogP contribution in [0, 0.1) is 0 Å². The van der Waals surface area contributed by atoms with Crippen LogP contribution in [0.4, 0.5) is 5.69 Å². The van der Waals surface area contributed by atoms with E-state index in [1.807, 2.05) is 30.3 Å². The number of nitrogens with zero attached hydrogens (tertiary/aromatic N) is 1. The summed E-state index contributed by atoms with van der Waals surface area (Å²) in [6.07, 6.45) is 0.888. The summed E-state index contributed by atoms with van der Waals surface area (Å²) in [4.78, 5) is 4.69. The van der Waals surface area contributed by atoms with E-state index >= 15 is 0 Å². The quantitative estimate of drug-likeness (QED) is 0.681. The van der Waals surface area contributed by atoms with Gasteiger partial charge >= 0.3 is 0 Å². The number of rotatable bonds is 7. The number of fused-ring (bicyclic) bond motifs is 1. The summed E-state index contributed by atoms with van der Waals surface area (Å²) >= 11 is 0. The highest BCUT2D eigenvalue weighted by atomic mass is 16.5. The molecule has 1 N–H and O–H groups in total. The molecule has 3 rings (SSSR count). The lowest BCUT2D eigenvalue weighted by molar-refractivity contribution is 0.322. The molecule has 1 aromatic heterocycles. The second kappa shape index (κ2) is 7.95. The van der Waals surface area contributed by atoms with Gasteiger partial charge in [-0.3, -0.25) is 4.98 Å². The average Bonchev–Trinajstić information content (AvgIpc) is 2.70. The maximum atomic E-state index is 5.57. The van der Waals surface area contributed by atoms with Gasteiger partial charge in [-0.25, -0.2) is 0 Å². The molecule has 136 valence electrons. The zero-order chi connectivity index (χ0) is 18.5. The molecule has 0 bridgehead atoms. The van der Waals surface area contributed by atoms with Crippen molar-refractivity contribution in [2.75, 3.05) is 26.6 Å². The van der Waals surface area contributed by atoms with Gasteiger partial charge in [-0.15, -0.1) is 0 Å². The number of hydrogen-bond acceptors (Lipinski definition) is 5. The van der Waals surface area contributed by atoms with Gasteiger partial charge in [-0.05, 0) is 30.7 Å². The number of para-hydroxylation sites is 1. The van der Waals surface area contributed by atoms with Crippen LogP contribution in [0.3, 0.4) is 0 Å². The summed E-state index contributed by atoms with van der Waals surface area (Å²) in [5, 5.41) is 4.63. The van der Waals surface area contributed by atoms with Crippen LogP contribution in [-0.4, -0.2) is 26.3 Å². The van der Waals surface area contributed by atoms with E-state index in [4.69, 9.17) is 19.2 Å². The monoisotopic (exact) mass is 352 g/mol. The van der Waals surface area contributed by atoms with Crippen LogP contribution in [0.15, 0.2) is 42.5 Å². The Morgan fingerprint density at radius 2 is 1.69 bits per heavy atom. The minimum atomic E-state index is 0.598. The molecule has 0 unspecified atom stereocenters. The summed E-state index contributed by atoms with van der Waals surface area (Å²) in [7, 11) is 4.86. The van der Waals surface area contributed by atoms with Crippen LogP contribution in [0.25, 0.3) is 10.9 Å². The Bertz CT molecular complexity index is 909. The Kier molecular flexibility index (Phi) is 5.46. The van der Waals surface area contributed by atoms with Crippen molar-refractivity contribution < 1.29 is 14.2 Å². The molecule has 5 heteroatoms. The number of methoxy groups -OCH3 is 3. The van der Waals surface area contributed by atoms with E-state index in [2.05, 4.69) is 24.4 Å². The number of hydrogen-bond donors (Lipinski definition) is 1. The first-order valence-electron chi connectivity index (χ1n) is 8.62. The van der Waals surface area contributed by atoms with Gasteiger partial charge < -0.3 is 19.5 Å². The minimum absolute atomic E-state index is 0.598. The molecule has 26 heavy (non-hydrogen) atoms. The molecule has 2 aromatic carbocycles. The number of nitrogens with one attached hydrogen (secondary N) is 1. The van der Waals surface area contributed by atoms with Crippen molar-refractivity contribution in [3.63, 3.8) is 0 Å². The molecule has 0 saturated heterocycles. The predicted octanol–water partition coefficient (Wildman–Crippen LogP) is 4.44. The fourth-order valence-corrected chi connectivity index (χ4v) is 3.05. The number of aromatic nitrogens is 1. The van der Waals surface area contributed by atoms with Crippen LogP contribution in [0.5, 0.6) is 17.2 Å². The SMILES string of the molecule is CCc1cc(NCc2ccc(OC)c(OC)c2OC)c2ccccc2n1. The highest BCUT2D eigenvalue weighted by molar-refractivity contribution is 5.91. The van der Waals surface area contributed by atoms with Crippen LogP contribution < -0.4 is 19.5 Å². The van der Waals surface area contributed by atoms with Crippen LogP contribution >= 0.6 is 0 Å². The summed E-state index contributed by atoms with van der Waals surface area (Å²) in [6, 6.07) is 14.1. The lowest BCUT2D eigenvalue weighted by Gasteiger charge is -2.17. The van der Waals surface area contributed by atoms with Crippen LogP contribution in [0.2, 0.25) is 0 Å². The van der Waals surface area contributed by atoms with E-state index in [-0.39, 0.29) is 0 Å². The Labute approximate surface area is 153 Å². The van der Waals surface area contributed by atoms with Crippen molar-refractivity contribution in [3.05, 3.63) is 53.7 Å². The zero-order valence-corrected chi connectivity index (χ0v) is 15.6. The van der Waals surface area contributed by atoms with Crippen LogP contribution in [0.1, 0.15) is 18.2 Å². The van der Waals surface area contributed by atoms with Gasteiger partial charge in [0.1, 0.15) is 0 Å². The minimum Gasteiger partial charge on any atom is -0.493 e. The first-order valence-corrected chi connectivity index (χ1v) is 8.62. The molecule has 0 saturated carbocycles. The van der Waals surface area contributed by atoms with Crippen molar-refractivity contribution in [2.45, 2.75) is 19.9 Å². The molecule has 0 radical (unpaired) electrons. The second-order valence-electron chi connectivity index (χ2n) is 5.88. The van der Waals surface area contributed by atoms with Crippen molar-refractivity contribution in [2.24, 2.45) is 0 Å². The largest absolute Gasteiger partial charge is 0.493 e. The molecule has 0 amide bonds. The van der Waals surface area contributed by atoms with E-state index in [1.54, 1.807) is 21.3 Å². The zero-order valence-electron chi connectivity index (χ0n) is 15.6. The normalized spacial score (nSPS) is 10.6. The highest BCUT2D eigenvalue weighted by Crippen LogP contribution is 2.40. The first-order chi connectivity index (χ1) is 12.7. The maximum Gasteiger partial charge on any atom is 0.203 e. The molecular formula is C21H24N2O3. The molecular weight excluding hydrogens is 328 g/mol. The lowest BCUT2D eigenvalue weighted by Crippen LogP contribution is -2.05. The summed E-state index contributed by atoms with van der Waals surface area (Å²) in [5.74, 6) is 1.92. The molecule has 0 spiro atoms. The van der Waals surface area contributed by atoms with Gasteiger partial charge in [-0.2, -0.15) is 0 Å². The number of benzene rings is 2. The fraction of sp³-hybridized carbons (Fsp3) is 0.286. The third-order valence-electron chi connectivity index (χ3n) is 4.39. The second-order valence-corrected chi connectivity index (χ2v) is 5.88. The van der Waals surface area contributed by atoms with Gasteiger partial charge in [-0.1, -0.05) is 25.1 Å². The molecule has 0 fully saturated rings. The number of aryl methyl sites for hydroxylation is 1. The Hall–Kier alpha value is -2.95. The van der Waals surface area contributed by atoms with Crippen molar-refractivity contribution in [1.29, 1.82) is 0 Å². The molecule has 1 heterocycles. The number of ether oxygens (including phenoxy) is 3. The molecule has 3 aromatic rings. The molecule has 0 aliphatic heterocycles. The Morgan fingerprint density at radius 1 is 0.923 bits per heavy atom. The van der Waals surface area contributed by atoms with Crippen molar-refractivity contribution in [3.8, 4) is 17.2 Å². The fourth-order valence-electron chi connectivity index (χ4n) is 3.05. The highest BCUT2D eigenvalue weighted by Gasteiger charge is 2.16. The van der Waals surface area contributed by atoms with E-state index in [9.17, 15) is 0 Å². The molecule has 0 aliphatic carbocycles. The summed E-state index contributed by atoms with van der Waals surface area (Å²) < 4.78 is 16.4. The Morgan fingerprint density at radius 3 is 2.38 bits per heavy atom. The summed E-state index contributed by atoms with van der Waals surface area (Å²) in [5.41, 5.74) is 4.10. The molecule has 5 nitrogen and oxygen atoms in total. The smallest absolute Gasteiger partial charge is 0.203 e. The van der Waals surface area contributed by atoms with E-state index < -0.39 is 0 Å². The third-order valence-corrected chi connectivity index (χ3v) is 4.39. The van der Waals surface area contributed by atoms with E-state index in [1.165, 1.54) is 0 Å². The molecule has 0 atom stereocenters. The summed E-state index contributed by atoms with van der Waals surface area (Å²) in [6.45, 7) is 2.71. The predicted molar refractivity (Wildman–Crippen MR) is 105 cm³/mol. The topological polar surface area (TPSA) is 52.6 Å². The maximum absolute atomic E-state index is 5.57. The van der Waals surface area contributed by atoms with Crippen molar-refractivity contribution >= 4 is 16.6 Å². The van der Waals surface area contributed by atoms with Gasteiger partial charge in [0, 0.05) is 28.9 Å². The van der Waals surface area contributed by atoms with Gasteiger partial charge in [0.15, 0.2) is 11.5 Å². The number of anilines is 1. The van der Waals surface area contributed by atoms with E-state index in [0.717, 1.165) is 34.3 Å². The molecule has 0 aliphatic rings. The van der Waals surface area contributed by atoms with E-state index in [0.29, 0.717) is 23.8 Å². The standard InChI is InChI=1S/C21H24N2O3/c1-5-15-12-18(16-8-6-7-9-17(16)23-15)22-13-14-10-11-19(24-2)21(26-4)20(14)25-3/h6-12H,5,13H2,1-4H3,(H,22,23). The van der Waals surface area contributed by atoms with Gasteiger partial charge in [0.05, 0.1) is 26.8 Å². The average molecular weight is 352 g/mol. The van der Waals surface area contributed by atoms with Crippen molar-refractivity contribution in [1.82, 2.24) is 4.98 Å².